The summed E-state index contributed by atoms with van der Waals surface area (Å²) in [4.78, 5) is 22.0. The number of hydrogen-bond acceptors (Lipinski definition) is 4. The summed E-state index contributed by atoms with van der Waals surface area (Å²) in [6.07, 6.45) is 3.28. The number of amides is 1. The van der Waals surface area contributed by atoms with Crippen LogP contribution in [0, 0.1) is 20.8 Å². The predicted molar refractivity (Wildman–Crippen MR) is 125 cm³/mol. The summed E-state index contributed by atoms with van der Waals surface area (Å²) in [6.45, 7) is 6.55. The molecule has 0 radical (unpaired) electrons. The molecule has 8 heteroatoms. The highest BCUT2D eigenvalue weighted by Crippen LogP contribution is 2.28. The molecular weight excluding hydrogens is 424 g/mol. The van der Waals surface area contributed by atoms with Gasteiger partial charge in [0, 0.05) is 28.4 Å². The average Bonchev–Trinajstić information content (AvgIpc) is 3.28. The van der Waals surface area contributed by atoms with Gasteiger partial charge in [-0.05, 0) is 56.7 Å². The molecule has 0 unspecified atom stereocenters. The van der Waals surface area contributed by atoms with Crippen molar-refractivity contribution < 1.29 is 4.79 Å². The van der Waals surface area contributed by atoms with Crippen molar-refractivity contribution in [2.75, 3.05) is 5.32 Å². The van der Waals surface area contributed by atoms with Crippen molar-refractivity contribution in [1.82, 2.24) is 24.1 Å². The molecule has 5 rings (SSSR count). The smallest absolute Gasteiger partial charge is 0.274 e. The van der Waals surface area contributed by atoms with Gasteiger partial charge in [-0.15, -0.1) is 0 Å². The Kier molecular flexibility index (Phi) is 4.90. The minimum Gasteiger partial charge on any atom is -0.320 e. The van der Waals surface area contributed by atoms with Crippen molar-refractivity contribution in [3.8, 4) is 0 Å². The number of nitrogens with zero attached hydrogens (tertiary/aromatic N) is 5. The summed E-state index contributed by atoms with van der Waals surface area (Å²) in [5.41, 5.74) is 6.62. The second-order valence-corrected chi connectivity index (χ2v) is 8.33. The number of aromatic nitrogens is 5. The third-order valence-corrected chi connectivity index (χ3v) is 5.61. The number of benzene rings is 1. The molecule has 0 spiro atoms. The largest absolute Gasteiger partial charge is 0.320 e. The Morgan fingerprint density at radius 3 is 2.78 bits per heavy atom. The molecule has 0 fully saturated rings. The zero-order chi connectivity index (χ0) is 22.4. The number of aryl methyl sites for hydroxylation is 3. The molecule has 5 aromatic rings. The van der Waals surface area contributed by atoms with Gasteiger partial charge in [-0.3, -0.25) is 18.9 Å². The maximum absolute atomic E-state index is 13.1. The number of nitrogens with one attached hydrogen (secondary N) is 1. The van der Waals surface area contributed by atoms with Gasteiger partial charge in [0.1, 0.15) is 11.3 Å². The summed E-state index contributed by atoms with van der Waals surface area (Å²) in [6, 6.07) is 13.4. The third-order valence-electron chi connectivity index (χ3n) is 5.37. The maximum atomic E-state index is 13.1. The van der Waals surface area contributed by atoms with Crippen LogP contribution in [0.4, 0.5) is 5.69 Å². The fourth-order valence-corrected chi connectivity index (χ4v) is 4.27. The lowest BCUT2D eigenvalue weighted by Gasteiger charge is -2.08. The van der Waals surface area contributed by atoms with Gasteiger partial charge in [0.25, 0.3) is 5.91 Å². The average molecular weight is 445 g/mol. The number of carbonyl (C=O) groups is 1. The van der Waals surface area contributed by atoms with Crippen LogP contribution in [-0.4, -0.2) is 30.1 Å². The molecule has 160 valence electrons. The molecule has 4 aromatic heterocycles. The molecule has 1 amide bonds. The van der Waals surface area contributed by atoms with E-state index in [1.54, 1.807) is 28.9 Å². The highest BCUT2D eigenvalue weighted by molar-refractivity contribution is 6.30. The maximum Gasteiger partial charge on any atom is 0.274 e. The van der Waals surface area contributed by atoms with Crippen LogP contribution in [0.5, 0.6) is 0 Å². The van der Waals surface area contributed by atoms with E-state index in [0.717, 1.165) is 28.0 Å². The van der Waals surface area contributed by atoms with E-state index in [-0.39, 0.29) is 5.91 Å². The van der Waals surface area contributed by atoms with Gasteiger partial charge in [0.05, 0.1) is 35.3 Å². The van der Waals surface area contributed by atoms with Crippen molar-refractivity contribution in [2.45, 2.75) is 27.3 Å². The minimum atomic E-state index is -0.254. The Balaban J connectivity index is 1.50. The van der Waals surface area contributed by atoms with Crippen LogP contribution in [0.15, 0.2) is 54.9 Å². The molecular formula is C24H21ClN6O. The molecule has 0 aliphatic carbocycles. The molecule has 0 aliphatic rings. The van der Waals surface area contributed by atoms with E-state index in [0.29, 0.717) is 28.6 Å². The minimum absolute atomic E-state index is 0.254. The van der Waals surface area contributed by atoms with Gasteiger partial charge < -0.3 is 5.32 Å². The summed E-state index contributed by atoms with van der Waals surface area (Å²) in [7, 11) is 0. The number of fused-ring (bicyclic) bond motifs is 2. The van der Waals surface area contributed by atoms with Crippen LogP contribution in [0.1, 0.15) is 33.1 Å². The van der Waals surface area contributed by atoms with Gasteiger partial charge in [0.2, 0.25) is 0 Å². The van der Waals surface area contributed by atoms with Gasteiger partial charge in [-0.2, -0.15) is 5.10 Å². The SMILES string of the molecule is Cc1cc(C)nc(Cn2nc(C)c3c(NC(=O)c4cnc5cc(Cl)ccn45)cccc32)c1. The van der Waals surface area contributed by atoms with Gasteiger partial charge >= 0.3 is 0 Å². The summed E-state index contributed by atoms with van der Waals surface area (Å²) in [5.74, 6) is -0.254. The lowest BCUT2D eigenvalue weighted by atomic mass is 10.1. The Hall–Kier alpha value is -3.71. The Bertz CT molecular complexity index is 1480. The van der Waals surface area contributed by atoms with Crippen LogP contribution in [0.25, 0.3) is 16.6 Å². The standard InChI is InChI=1S/C24H21ClN6O/c1-14-9-15(2)27-18(10-14)13-31-20-6-4-5-19(23(20)16(3)29-31)28-24(32)21-12-26-22-11-17(25)7-8-30(21)22/h4-12H,13H2,1-3H3,(H,28,32). The zero-order valence-electron chi connectivity index (χ0n) is 17.9. The molecule has 0 bridgehead atoms. The van der Waals surface area contributed by atoms with E-state index in [9.17, 15) is 4.79 Å². The Morgan fingerprint density at radius 2 is 1.97 bits per heavy atom. The third kappa shape index (κ3) is 3.61. The van der Waals surface area contributed by atoms with Crippen molar-refractivity contribution in [3.63, 3.8) is 0 Å². The van der Waals surface area contributed by atoms with Crippen LogP contribution < -0.4 is 5.32 Å². The molecule has 32 heavy (non-hydrogen) atoms. The van der Waals surface area contributed by atoms with E-state index in [1.165, 1.54) is 5.56 Å². The first-order chi connectivity index (χ1) is 15.4. The molecule has 1 aromatic carbocycles. The molecule has 0 aliphatic heterocycles. The van der Waals surface area contributed by atoms with Gasteiger partial charge in [-0.25, -0.2) is 4.98 Å². The van der Waals surface area contributed by atoms with E-state index >= 15 is 0 Å². The molecule has 0 atom stereocenters. The van der Waals surface area contributed by atoms with Crippen molar-refractivity contribution >= 4 is 39.7 Å². The van der Waals surface area contributed by atoms with Crippen LogP contribution in [-0.2, 0) is 6.54 Å². The van der Waals surface area contributed by atoms with E-state index < -0.39 is 0 Å². The first-order valence-corrected chi connectivity index (χ1v) is 10.6. The highest BCUT2D eigenvalue weighted by atomic mass is 35.5. The van der Waals surface area contributed by atoms with Crippen LogP contribution in [0.2, 0.25) is 5.02 Å². The number of imidazole rings is 1. The fourth-order valence-electron chi connectivity index (χ4n) is 4.11. The fraction of sp³-hybridized carbons (Fsp3) is 0.167. The van der Waals surface area contributed by atoms with E-state index in [1.807, 2.05) is 36.7 Å². The van der Waals surface area contributed by atoms with Crippen molar-refractivity contribution in [2.24, 2.45) is 0 Å². The molecule has 7 nitrogen and oxygen atoms in total. The topological polar surface area (TPSA) is 77.1 Å². The monoisotopic (exact) mass is 444 g/mol. The highest BCUT2D eigenvalue weighted by Gasteiger charge is 2.17. The summed E-state index contributed by atoms with van der Waals surface area (Å²) in [5, 5.41) is 9.23. The number of halogens is 1. The number of carbonyl (C=O) groups excluding carboxylic acids is 1. The van der Waals surface area contributed by atoms with Crippen LogP contribution >= 0.6 is 11.6 Å². The quantitative estimate of drug-likeness (QED) is 0.425. The van der Waals surface area contributed by atoms with E-state index in [4.69, 9.17) is 16.7 Å². The second kappa shape index (κ2) is 7.76. The normalized spacial score (nSPS) is 11.4. The Morgan fingerprint density at radius 1 is 1.12 bits per heavy atom. The molecule has 0 saturated heterocycles. The lowest BCUT2D eigenvalue weighted by molar-refractivity contribution is 0.102. The summed E-state index contributed by atoms with van der Waals surface area (Å²) >= 11 is 6.03. The molecule has 4 heterocycles. The van der Waals surface area contributed by atoms with Gasteiger partial charge in [0.15, 0.2) is 0 Å². The zero-order valence-corrected chi connectivity index (χ0v) is 18.7. The Labute approximate surface area is 189 Å². The number of pyridine rings is 2. The number of hydrogen-bond donors (Lipinski definition) is 1. The first-order valence-electron chi connectivity index (χ1n) is 10.2. The lowest BCUT2D eigenvalue weighted by Crippen LogP contribution is -2.14. The summed E-state index contributed by atoms with van der Waals surface area (Å²) < 4.78 is 3.64. The van der Waals surface area contributed by atoms with E-state index in [2.05, 4.69) is 34.3 Å². The molecule has 0 saturated carbocycles. The number of rotatable bonds is 4. The van der Waals surface area contributed by atoms with Gasteiger partial charge in [-0.1, -0.05) is 17.7 Å². The molecule has 1 N–H and O–H groups in total. The van der Waals surface area contributed by atoms with Crippen molar-refractivity contribution in [1.29, 1.82) is 0 Å². The first kappa shape index (κ1) is 20.2. The second-order valence-electron chi connectivity index (χ2n) is 7.89. The number of anilines is 1. The van der Waals surface area contributed by atoms with Crippen LogP contribution in [0.3, 0.4) is 0 Å². The predicted octanol–water partition coefficient (Wildman–Crippen LogP) is 4.96. The van der Waals surface area contributed by atoms with Crippen molar-refractivity contribution in [3.05, 3.63) is 88.2 Å².